The van der Waals surface area contributed by atoms with Crippen molar-refractivity contribution in [2.45, 2.75) is 6.92 Å². The van der Waals surface area contributed by atoms with Gasteiger partial charge in [-0.05, 0) is 6.92 Å². The van der Waals surface area contributed by atoms with Crippen molar-refractivity contribution in [1.29, 1.82) is 5.26 Å². The zero-order chi connectivity index (χ0) is 8.27. The van der Waals surface area contributed by atoms with Crippen molar-refractivity contribution in [3.8, 4) is 11.8 Å². The van der Waals surface area contributed by atoms with Gasteiger partial charge in [-0.1, -0.05) is 0 Å². The highest BCUT2D eigenvalue weighted by atomic mass is 16.5. The van der Waals surface area contributed by atoms with Crippen LogP contribution in [0.25, 0.3) is 0 Å². The van der Waals surface area contributed by atoms with Gasteiger partial charge in [-0.15, -0.1) is 0 Å². The first-order chi connectivity index (χ1) is 5.27. The molecule has 0 atom stereocenters. The third kappa shape index (κ3) is 1.47. The van der Waals surface area contributed by atoms with Crippen LogP contribution in [0.2, 0.25) is 0 Å². The van der Waals surface area contributed by atoms with Crippen molar-refractivity contribution in [2.75, 3.05) is 7.11 Å². The maximum atomic E-state index is 8.48. The Morgan fingerprint density at radius 1 is 1.64 bits per heavy atom. The molecule has 56 valence electrons. The molecular weight excluding hydrogens is 140 g/mol. The highest BCUT2D eigenvalue weighted by Gasteiger charge is 1.99. The molecule has 0 saturated heterocycles. The van der Waals surface area contributed by atoms with Crippen molar-refractivity contribution in [3.63, 3.8) is 0 Å². The van der Waals surface area contributed by atoms with Gasteiger partial charge >= 0.3 is 0 Å². The number of pyridine rings is 1. The second-order valence-electron chi connectivity index (χ2n) is 2.15. The Kier molecular flexibility index (Phi) is 2.07. The lowest BCUT2D eigenvalue weighted by Crippen LogP contribution is -1.90. The molecule has 11 heavy (non-hydrogen) atoms. The third-order valence-corrected chi connectivity index (χ3v) is 1.39. The highest BCUT2D eigenvalue weighted by Crippen LogP contribution is 2.15. The SMILES string of the molecule is COc1cc(C#N)ncc1C. The fraction of sp³-hybridized carbons (Fsp3) is 0.250. The standard InChI is InChI=1S/C8H8N2O/c1-6-5-10-7(4-9)3-8(6)11-2/h3,5H,1-2H3. The molecule has 0 aliphatic rings. The van der Waals surface area contributed by atoms with E-state index in [1.807, 2.05) is 13.0 Å². The van der Waals surface area contributed by atoms with Gasteiger partial charge in [0.05, 0.1) is 7.11 Å². The average Bonchev–Trinajstić information content (AvgIpc) is 2.05. The second kappa shape index (κ2) is 3.02. The number of methoxy groups -OCH3 is 1. The summed E-state index contributed by atoms with van der Waals surface area (Å²) in [6.45, 7) is 1.88. The first-order valence-corrected chi connectivity index (χ1v) is 3.18. The van der Waals surface area contributed by atoms with E-state index < -0.39 is 0 Å². The molecule has 0 aromatic carbocycles. The Balaban J connectivity index is 3.15. The number of aryl methyl sites for hydroxylation is 1. The molecule has 0 spiro atoms. The summed E-state index contributed by atoms with van der Waals surface area (Å²) in [5.74, 6) is 0.705. The molecule has 3 nitrogen and oxygen atoms in total. The predicted molar refractivity (Wildman–Crippen MR) is 40.2 cm³/mol. The Labute approximate surface area is 65.3 Å². The van der Waals surface area contributed by atoms with Crippen molar-refractivity contribution < 1.29 is 4.74 Å². The van der Waals surface area contributed by atoms with E-state index in [2.05, 4.69) is 4.98 Å². The van der Waals surface area contributed by atoms with E-state index in [0.717, 1.165) is 5.56 Å². The predicted octanol–water partition coefficient (Wildman–Crippen LogP) is 1.27. The van der Waals surface area contributed by atoms with Crippen LogP contribution >= 0.6 is 0 Å². The maximum Gasteiger partial charge on any atom is 0.144 e. The van der Waals surface area contributed by atoms with E-state index in [4.69, 9.17) is 10.00 Å². The molecule has 0 aliphatic carbocycles. The fourth-order valence-corrected chi connectivity index (χ4v) is 0.786. The molecule has 0 amide bonds. The van der Waals surface area contributed by atoms with Crippen LogP contribution in [0.15, 0.2) is 12.3 Å². The number of hydrogen-bond acceptors (Lipinski definition) is 3. The summed E-state index contributed by atoms with van der Waals surface area (Å²) in [5, 5.41) is 8.48. The molecule has 1 heterocycles. The molecule has 0 bridgehead atoms. The van der Waals surface area contributed by atoms with Gasteiger partial charge in [0.2, 0.25) is 0 Å². The van der Waals surface area contributed by atoms with Gasteiger partial charge < -0.3 is 4.74 Å². The topological polar surface area (TPSA) is 45.9 Å². The Morgan fingerprint density at radius 2 is 2.36 bits per heavy atom. The van der Waals surface area contributed by atoms with Gasteiger partial charge in [0.25, 0.3) is 0 Å². The van der Waals surface area contributed by atoms with Crippen LogP contribution in [0.4, 0.5) is 0 Å². The number of rotatable bonds is 1. The van der Waals surface area contributed by atoms with Crippen molar-refractivity contribution in [2.24, 2.45) is 0 Å². The van der Waals surface area contributed by atoms with E-state index >= 15 is 0 Å². The molecule has 0 fully saturated rings. The lowest BCUT2D eigenvalue weighted by molar-refractivity contribution is 0.411. The first-order valence-electron chi connectivity index (χ1n) is 3.18. The molecule has 0 aliphatic heterocycles. The van der Waals surface area contributed by atoms with Crippen LogP contribution in [-0.2, 0) is 0 Å². The van der Waals surface area contributed by atoms with E-state index in [9.17, 15) is 0 Å². The molecule has 0 N–H and O–H groups in total. The summed E-state index contributed by atoms with van der Waals surface area (Å²) in [4.78, 5) is 3.86. The molecule has 0 saturated carbocycles. The molecular formula is C8H8N2O. The smallest absolute Gasteiger partial charge is 0.144 e. The number of nitrogens with zero attached hydrogens (tertiary/aromatic N) is 2. The van der Waals surface area contributed by atoms with Gasteiger partial charge in [0, 0.05) is 17.8 Å². The van der Waals surface area contributed by atoms with Crippen molar-refractivity contribution in [3.05, 3.63) is 23.5 Å². The van der Waals surface area contributed by atoms with Gasteiger partial charge in [-0.25, -0.2) is 4.98 Å². The van der Waals surface area contributed by atoms with Crippen molar-refractivity contribution in [1.82, 2.24) is 4.98 Å². The second-order valence-corrected chi connectivity index (χ2v) is 2.15. The van der Waals surface area contributed by atoms with Crippen LogP contribution in [0.3, 0.4) is 0 Å². The van der Waals surface area contributed by atoms with E-state index in [1.165, 1.54) is 0 Å². The molecule has 3 heteroatoms. The summed E-state index contributed by atoms with van der Waals surface area (Å²) in [7, 11) is 1.57. The molecule has 0 radical (unpaired) electrons. The quantitative estimate of drug-likeness (QED) is 0.602. The Morgan fingerprint density at radius 3 is 2.91 bits per heavy atom. The minimum atomic E-state index is 0.382. The van der Waals surface area contributed by atoms with E-state index in [1.54, 1.807) is 19.4 Å². The number of hydrogen-bond donors (Lipinski definition) is 0. The maximum absolute atomic E-state index is 8.48. The largest absolute Gasteiger partial charge is 0.496 e. The summed E-state index contributed by atoms with van der Waals surface area (Å²) >= 11 is 0. The van der Waals surface area contributed by atoms with Crippen LogP contribution in [0, 0.1) is 18.3 Å². The van der Waals surface area contributed by atoms with Crippen molar-refractivity contribution >= 4 is 0 Å². The summed E-state index contributed by atoms with van der Waals surface area (Å²) in [6, 6.07) is 3.56. The van der Waals surface area contributed by atoms with Gasteiger partial charge in [0.1, 0.15) is 17.5 Å². The Hall–Kier alpha value is -1.56. The highest BCUT2D eigenvalue weighted by molar-refractivity contribution is 5.36. The van der Waals surface area contributed by atoms with E-state index in [0.29, 0.717) is 11.4 Å². The summed E-state index contributed by atoms with van der Waals surface area (Å²) in [5.41, 5.74) is 1.32. The first kappa shape index (κ1) is 7.55. The zero-order valence-corrected chi connectivity index (χ0v) is 6.46. The van der Waals surface area contributed by atoms with E-state index in [-0.39, 0.29) is 0 Å². The summed E-state index contributed by atoms with van der Waals surface area (Å²) < 4.78 is 5.00. The van der Waals surface area contributed by atoms with Gasteiger partial charge in [0.15, 0.2) is 0 Å². The van der Waals surface area contributed by atoms with Gasteiger partial charge in [-0.3, -0.25) is 0 Å². The summed E-state index contributed by atoms with van der Waals surface area (Å²) in [6.07, 6.45) is 1.62. The third-order valence-electron chi connectivity index (χ3n) is 1.39. The molecule has 1 aromatic rings. The minimum absolute atomic E-state index is 0.382. The number of aromatic nitrogens is 1. The molecule has 1 aromatic heterocycles. The van der Waals surface area contributed by atoms with Crippen LogP contribution in [0.1, 0.15) is 11.3 Å². The monoisotopic (exact) mass is 148 g/mol. The average molecular weight is 148 g/mol. The lowest BCUT2D eigenvalue weighted by atomic mass is 10.2. The van der Waals surface area contributed by atoms with Crippen LogP contribution < -0.4 is 4.74 Å². The molecule has 1 rings (SSSR count). The minimum Gasteiger partial charge on any atom is -0.496 e. The lowest BCUT2D eigenvalue weighted by Gasteiger charge is -2.01. The number of ether oxygens (including phenoxy) is 1. The Bertz CT molecular complexity index is 301. The van der Waals surface area contributed by atoms with Crippen LogP contribution in [-0.4, -0.2) is 12.1 Å². The molecule has 0 unspecified atom stereocenters. The normalized spacial score (nSPS) is 8.82. The van der Waals surface area contributed by atoms with Gasteiger partial charge in [-0.2, -0.15) is 5.26 Å². The zero-order valence-electron chi connectivity index (χ0n) is 6.46. The fourth-order valence-electron chi connectivity index (χ4n) is 0.786. The van der Waals surface area contributed by atoms with Crippen LogP contribution in [0.5, 0.6) is 5.75 Å². The number of nitriles is 1.